The minimum Gasteiger partial charge on any atom is -0.423 e. The van der Waals surface area contributed by atoms with E-state index in [1.54, 1.807) is 18.3 Å². The van der Waals surface area contributed by atoms with Crippen molar-refractivity contribution in [3.8, 4) is 5.75 Å². The van der Waals surface area contributed by atoms with E-state index in [1.807, 2.05) is 48.5 Å². The Balaban J connectivity index is 1.25. The second-order valence-electron chi connectivity index (χ2n) is 10.2. The first kappa shape index (κ1) is 20.6. The summed E-state index contributed by atoms with van der Waals surface area (Å²) in [5, 5.41) is 0.846. The van der Waals surface area contributed by atoms with Crippen molar-refractivity contribution < 1.29 is 19.1 Å². The molecule has 3 fully saturated rings. The quantitative estimate of drug-likeness (QED) is 0.248. The Bertz CT molecular complexity index is 1360. The zero-order valence-electron chi connectivity index (χ0n) is 19.0. The van der Waals surface area contributed by atoms with Crippen LogP contribution in [0.25, 0.3) is 10.9 Å². The van der Waals surface area contributed by atoms with Crippen LogP contribution in [0.15, 0.2) is 79.0 Å². The molecular formula is C29H24N2O4. The number of hydrogen-bond acceptors (Lipinski definition) is 5. The van der Waals surface area contributed by atoms with E-state index in [4.69, 9.17) is 4.74 Å². The van der Waals surface area contributed by atoms with E-state index in [0.717, 1.165) is 17.4 Å². The topological polar surface area (TPSA) is 76.6 Å². The molecule has 7 atom stereocenters. The number of nitrogens with zero attached hydrogens (tertiary/aromatic N) is 2. The highest BCUT2D eigenvalue weighted by Crippen LogP contribution is 2.65. The van der Waals surface area contributed by atoms with Gasteiger partial charge in [-0.15, -0.1) is 0 Å². The number of fused-ring (bicyclic) bond motifs is 1. The van der Waals surface area contributed by atoms with Gasteiger partial charge >= 0.3 is 5.97 Å². The molecule has 0 radical (unpaired) electrons. The number of allylic oxidation sites excluding steroid dienone is 2. The first-order valence-electron chi connectivity index (χ1n) is 12.3. The maximum absolute atomic E-state index is 13.8. The molecule has 1 saturated heterocycles. The largest absolute Gasteiger partial charge is 0.423 e. The normalized spacial score (nSPS) is 30.8. The molecule has 0 spiro atoms. The maximum Gasteiger partial charge on any atom is 0.335 e. The van der Waals surface area contributed by atoms with E-state index >= 15 is 0 Å². The Morgan fingerprint density at radius 2 is 1.60 bits per heavy atom. The molecule has 174 valence electrons. The lowest BCUT2D eigenvalue weighted by atomic mass is 9.63. The molecule has 2 bridgehead atoms. The summed E-state index contributed by atoms with van der Waals surface area (Å²) >= 11 is 0. The van der Waals surface area contributed by atoms with Crippen LogP contribution >= 0.6 is 0 Å². The molecule has 2 aromatic carbocycles. The van der Waals surface area contributed by atoms with Crippen LogP contribution in [0.3, 0.4) is 0 Å². The van der Waals surface area contributed by atoms with Crippen molar-refractivity contribution in [1.82, 2.24) is 9.88 Å². The number of amides is 2. The van der Waals surface area contributed by atoms with Gasteiger partial charge < -0.3 is 4.74 Å². The van der Waals surface area contributed by atoms with Crippen molar-refractivity contribution in [2.45, 2.75) is 18.9 Å². The van der Waals surface area contributed by atoms with Crippen molar-refractivity contribution in [3.63, 3.8) is 0 Å². The van der Waals surface area contributed by atoms with Gasteiger partial charge in [0, 0.05) is 18.0 Å². The molecule has 0 unspecified atom stereocenters. The fourth-order valence-electron chi connectivity index (χ4n) is 6.74. The molecular weight excluding hydrogens is 440 g/mol. The number of carbonyl (C=O) groups excluding carboxylic acids is 3. The molecule has 6 heteroatoms. The van der Waals surface area contributed by atoms with Gasteiger partial charge in [0.15, 0.2) is 5.75 Å². The number of carbonyl (C=O) groups is 3. The number of imide groups is 1. The molecule has 35 heavy (non-hydrogen) atoms. The number of hydrogen-bond donors (Lipinski definition) is 0. The van der Waals surface area contributed by atoms with Gasteiger partial charge in [-0.3, -0.25) is 19.5 Å². The summed E-state index contributed by atoms with van der Waals surface area (Å²) in [6, 6.07) is 17.6. The lowest BCUT2D eigenvalue weighted by Crippen LogP contribution is -2.48. The second-order valence-corrected chi connectivity index (χ2v) is 10.2. The van der Waals surface area contributed by atoms with Gasteiger partial charge in [-0.1, -0.05) is 60.7 Å². The predicted octanol–water partition coefficient (Wildman–Crippen LogP) is 3.80. The number of para-hydroxylation sites is 1. The third kappa shape index (κ3) is 3.09. The van der Waals surface area contributed by atoms with Crippen LogP contribution in [-0.4, -0.2) is 33.7 Å². The van der Waals surface area contributed by atoms with Gasteiger partial charge in [-0.25, -0.2) is 4.79 Å². The monoisotopic (exact) mass is 464 g/mol. The van der Waals surface area contributed by atoms with Crippen LogP contribution < -0.4 is 4.74 Å². The highest BCUT2D eigenvalue weighted by Gasteiger charge is 2.68. The average Bonchev–Trinajstić information content (AvgIpc) is 3.67. The van der Waals surface area contributed by atoms with E-state index < -0.39 is 12.0 Å². The SMILES string of the molecule is O=C(Oc1cccc2cccnc12)[C@H](Cc1ccccc1)N1C(=O)[C@H]2[C@@H]3C=C[C@H]([C@@H]4C[C@H]34)[C@@H]2C1=O. The van der Waals surface area contributed by atoms with Gasteiger partial charge in [0.2, 0.25) is 11.8 Å². The summed E-state index contributed by atoms with van der Waals surface area (Å²) in [6.07, 6.45) is 7.24. The summed E-state index contributed by atoms with van der Waals surface area (Å²) in [6.45, 7) is 0. The summed E-state index contributed by atoms with van der Waals surface area (Å²) in [5.41, 5.74) is 1.43. The van der Waals surface area contributed by atoms with Crippen molar-refractivity contribution in [2.75, 3.05) is 0 Å². The van der Waals surface area contributed by atoms with Crippen LogP contribution in [0.5, 0.6) is 5.75 Å². The van der Waals surface area contributed by atoms with E-state index in [0.29, 0.717) is 23.1 Å². The molecule has 6 nitrogen and oxygen atoms in total. The fourth-order valence-corrected chi connectivity index (χ4v) is 6.74. The lowest BCUT2D eigenvalue weighted by Gasteiger charge is -2.37. The molecule has 0 N–H and O–H groups in total. The van der Waals surface area contributed by atoms with Crippen LogP contribution in [0.4, 0.5) is 0 Å². The number of aromatic nitrogens is 1. The first-order valence-corrected chi connectivity index (χ1v) is 12.3. The summed E-state index contributed by atoms with van der Waals surface area (Å²) in [7, 11) is 0. The fraction of sp³-hybridized carbons (Fsp3) is 0.310. The molecule has 1 aromatic heterocycles. The van der Waals surface area contributed by atoms with Crippen LogP contribution in [-0.2, 0) is 20.8 Å². The number of benzene rings is 2. The van der Waals surface area contributed by atoms with Crippen LogP contribution in [0.2, 0.25) is 0 Å². The molecule has 1 aliphatic heterocycles. The standard InChI is InChI=1S/C29H24N2O4/c32-27-24-18-11-12-19(21-15-20(18)21)25(24)28(33)31(27)22(14-16-6-2-1-3-7-16)29(34)35-23-10-4-8-17-9-5-13-30-26(17)23/h1-13,18-22,24-25H,14-15H2/t18-,19-,20-,21+,22+,24+,25+/m1/s1. The van der Waals surface area contributed by atoms with Gasteiger partial charge in [-0.2, -0.15) is 0 Å². The molecule has 2 amide bonds. The van der Waals surface area contributed by atoms with Crippen molar-refractivity contribution in [2.24, 2.45) is 35.5 Å². The molecule has 4 aliphatic carbocycles. The Kier molecular flexibility index (Phi) is 4.47. The lowest BCUT2D eigenvalue weighted by molar-refractivity contribution is -0.153. The smallest absolute Gasteiger partial charge is 0.335 e. The second kappa shape index (κ2) is 7.60. The van der Waals surface area contributed by atoms with Crippen LogP contribution in [0, 0.1) is 35.5 Å². The Morgan fingerprint density at radius 3 is 2.31 bits per heavy atom. The molecule has 3 aromatic rings. The third-order valence-corrected chi connectivity index (χ3v) is 8.36. The zero-order chi connectivity index (χ0) is 23.7. The van der Waals surface area contributed by atoms with E-state index in [1.165, 1.54) is 4.90 Å². The van der Waals surface area contributed by atoms with Gasteiger partial charge in [0.1, 0.15) is 11.6 Å². The minimum atomic E-state index is -1.03. The predicted molar refractivity (Wildman–Crippen MR) is 128 cm³/mol. The van der Waals surface area contributed by atoms with E-state index in [-0.39, 0.29) is 41.9 Å². The first-order chi connectivity index (χ1) is 17.1. The zero-order valence-corrected chi connectivity index (χ0v) is 19.0. The van der Waals surface area contributed by atoms with Crippen molar-refractivity contribution in [3.05, 3.63) is 84.6 Å². The number of rotatable bonds is 5. The maximum atomic E-state index is 13.8. The highest BCUT2D eigenvalue weighted by atomic mass is 16.5. The molecule has 2 heterocycles. The number of pyridine rings is 1. The Labute approximate surface area is 202 Å². The summed E-state index contributed by atoms with van der Waals surface area (Å²) in [5.74, 6) is -0.230. The number of esters is 1. The summed E-state index contributed by atoms with van der Waals surface area (Å²) < 4.78 is 5.86. The van der Waals surface area contributed by atoms with Crippen LogP contribution in [0.1, 0.15) is 12.0 Å². The molecule has 2 saturated carbocycles. The highest BCUT2D eigenvalue weighted by molar-refractivity contribution is 6.09. The molecule has 5 aliphatic rings. The third-order valence-electron chi connectivity index (χ3n) is 8.36. The number of likely N-dealkylation sites (tertiary alicyclic amines) is 1. The Morgan fingerprint density at radius 1 is 0.914 bits per heavy atom. The number of ether oxygens (including phenoxy) is 1. The van der Waals surface area contributed by atoms with Gasteiger partial charge in [0.25, 0.3) is 0 Å². The molecule has 8 rings (SSSR count). The van der Waals surface area contributed by atoms with E-state index in [2.05, 4.69) is 17.1 Å². The average molecular weight is 465 g/mol. The minimum absolute atomic E-state index is 0.104. The summed E-state index contributed by atoms with van der Waals surface area (Å²) in [4.78, 5) is 46.8. The van der Waals surface area contributed by atoms with Crippen molar-refractivity contribution >= 4 is 28.7 Å². The van der Waals surface area contributed by atoms with Gasteiger partial charge in [-0.05, 0) is 47.8 Å². The van der Waals surface area contributed by atoms with Gasteiger partial charge in [0.05, 0.1) is 11.8 Å². The van der Waals surface area contributed by atoms with Crippen molar-refractivity contribution in [1.29, 1.82) is 0 Å². The Hall–Kier alpha value is -3.80. The van der Waals surface area contributed by atoms with E-state index in [9.17, 15) is 14.4 Å².